The molecule has 8 heteroatoms. The second-order valence-electron chi connectivity index (χ2n) is 3.46. The van der Waals surface area contributed by atoms with E-state index in [0.29, 0.717) is 10.8 Å². The molecule has 2 aromatic rings. The highest BCUT2D eigenvalue weighted by atomic mass is 35.5. The highest BCUT2D eigenvalue weighted by Gasteiger charge is 2.08. The molecule has 1 aromatic carbocycles. The van der Waals surface area contributed by atoms with Gasteiger partial charge in [-0.25, -0.2) is 5.10 Å². The van der Waals surface area contributed by atoms with Crippen LogP contribution in [0.25, 0.3) is 0 Å². The van der Waals surface area contributed by atoms with E-state index >= 15 is 0 Å². The molecule has 0 bridgehead atoms. The van der Waals surface area contributed by atoms with Gasteiger partial charge in [0.05, 0.1) is 7.11 Å². The van der Waals surface area contributed by atoms with Gasteiger partial charge in [-0.1, -0.05) is 17.7 Å². The van der Waals surface area contributed by atoms with E-state index in [1.807, 2.05) is 0 Å². The number of carbonyl (C=O) groups excluding carboxylic acids is 1. The van der Waals surface area contributed by atoms with Gasteiger partial charge in [0.15, 0.2) is 6.61 Å². The summed E-state index contributed by atoms with van der Waals surface area (Å²) < 4.78 is 10.0. The third-order valence-corrected chi connectivity index (χ3v) is 2.31. The van der Waals surface area contributed by atoms with Gasteiger partial charge in [0.2, 0.25) is 5.95 Å². The molecule has 0 unspecified atom stereocenters. The number of anilines is 1. The maximum absolute atomic E-state index is 11.6. The maximum atomic E-state index is 11.6. The fourth-order valence-corrected chi connectivity index (χ4v) is 1.45. The number of H-pyrrole nitrogens is 1. The van der Waals surface area contributed by atoms with Crippen LogP contribution in [0, 0.1) is 0 Å². The van der Waals surface area contributed by atoms with Crippen molar-refractivity contribution in [3.63, 3.8) is 0 Å². The number of aromatic nitrogens is 3. The van der Waals surface area contributed by atoms with Gasteiger partial charge >= 0.3 is 6.01 Å². The van der Waals surface area contributed by atoms with Gasteiger partial charge in [-0.05, 0) is 18.2 Å². The van der Waals surface area contributed by atoms with E-state index in [4.69, 9.17) is 21.1 Å². The van der Waals surface area contributed by atoms with Crippen molar-refractivity contribution < 1.29 is 14.3 Å². The smallest absolute Gasteiger partial charge is 0.336 e. The first kappa shape index (κ1) is 13.2. The first-order valence-corrected chi connectivity index (χ1v) is 5.70. The topological polar surface area (TPSA) is 89.1 Å². The molecule has 0 saturated heterocycles. The van der Waals surface area contributed by atoms with Crippen molar-refractivity contribution in [3.8, 4) is 11.8 Å². The average Bonchev–Trinajstić information content (AvgIpc) is 2.84. The van der Waals surface area contributed by atoms with E-state index in [0.717, 1.165) is 0 Å². The summed E-state index contributed by atoms with van der Waals surface area (Å²) in [6.45, 7) is -0.163. The summed E-state index contributed by atoms with van der Waals surface area (Å²) in [5.74, 6) is 0.327. The fourth-order valence-electron chi connectivity index (χ4n) is 1.27. The lowest BCUT2D eigenvalue weighted by Gasteiger charge is -2.05. The number of rotatable bonds is 5. The Hall–Kier alpha value is -2.28. The Labute approximate surface area is 113 Å². The van der Waals surface area contributed by atoms with Gasteiger partial charge in [0.25, 0.3) is 5.91 Å². The normalized spacial score (nSPS) is 10.0. The van der Waals surface area contributed by atoms with Crippen molar-refractivity contribution in [1.29, 1.82) is 0 Å². The predicted molar refractivity (Wildman–Crippen MR) is 68.5 cm³/mol. The Morgan fingerprint density at radius 1 is 1.53 bits per heavy atom. The summed E-state index contributed by atoms with van der Waals surface area (Å²) in [7, 11) is 1.43. The molecule has 0 fully saturated rings. The summed E-state index contributed by atoms with van der Waals surface area (Å²) in [6.07, 6.45) is 0. The van der Waals surface area contributed by atoms with Gasteiger partial charge < -0.3 is 9.47 Å². The maximum Gasteiger partial charge on any atom is 0.336 e. The lowest BCUT2D eigenvalue weighted by atomic mass is 10.3. The van der Waals surface area contributed by atoms with Crippen molar-refractivity contribution >= 4 is 23.5 Å². The molecule has 7 nitrogen and oxygen atoms in total. The molecule has 19 heavy (non-hydrogen) atoms. The number of aromatic amines is 1. The monoisotopic (exact) mass is 282 g/mol. The van der Waals surface area contributed by atoms with Gasteiger partial charge in [0, 0.05) is 5.02 Å². The van der Waals surface area contributed by atoms with Crippen LogP contribution in [0.5, 0.6) is 11.8 Å². The molecular weight excluding hydrogens is 272 g/mol. The lowest BCUT2D eigenvalue weighted by molar-refractivity contribution is -0.118. The van der Waals surface area contributed by atoms with Gasteiger partial charge in [-0.15, -0.1) is 5.10 Å². The number of benzene rings is 1. The third-order valence-electron chi connectivity index (χ3n) is 2.07. The zero-order chi connectivity index (χ0) is 13.7. The van der Waals surface area contributed by atoms with Gasteiger partial charge in [0.1, 0.15) is 5.75 Å². The van der Waals surface area contributed by atoms with Gasteiger partial charge in [-0.3, -0.25) is 10.1 Å². The lowest BCUT2D eigenvalue weighted by Crippen LogP contribution is -2.20. The minimum Gasteiger partial charge on any atom is -0.484 e. The third kappa shape index (κ3) is 3.85. The van der Waals surface area contributed by atoms with Crippen molar-refractivity contribution in [2.24, 2.45) is 0 Å². The summed E-state index contributed by atoms with van der Waals surface area (Å²) in [5.41, 5.74) is 0. The van der Waals surface area contributed by atoms with Gasteiger partial charge in [-0.2, -0.15) is 4.98 Å². The van der Waals surface area contributed by atoms with Crippen LogP contribution in [0.2, 0.25) is 5.02 Å². The second-order valence-corrected chi connectivity index (χ2v) is 3.90. The summed E-state index contributed by atoms with van der Waals surface area (Å²) >= 11 is 5.79. The number of hydrogen-bond donors (Lipinski definition) is 2. The predicted octanol–water partition coefficient (Wildman–Crippen LogP) is 1.48. The summed E-state index contributed by atoms with van der Waals surface area (Å²) in [5, 5.41) is 9.20. The van der Waals surface area contributed by atoms with Crippen LogP contribution in [0.15, 0.2) is 24.3 Å². The van der Waals surface area contributed by atoms with Crippen LogP contribution in [0.1, 0.15) is 0 Å². The zero-order valence-electron chi connectivity index (χ0n) is 10.0. The van der Waals surface area contributed by atoms with E-state index in [1.54, 1.807) is 24.3 Å². The standard InChI is InChI=1S/C11H11ClN4O3/c1-18-11-14-10(15-16-11)13-9(17)6-19-8-4-2-3-7(12)5-8/h2-5H,6H2,1H3,(H2,13,14,15,16,17). The molecule has 0 aliphatic carbocycles. The highest BCUT2D eigenvalue weighted by molar-refractivity contribution is 6.30. The number of nitrogens with zero attached hydrogens (tertiary/aromatic N) is 2. The van der Waals surface area contributed by atoms with Crippen molar-refractivity contribution in [2.75, 3.05) is 19.0 Å². The van der Waals surface area contributed by atoms with E-state index < -0.39 is 0 Å². The Bertz CT molecular complexity index is 573. The Morgan fingerprint density at radius 2 is 2.37 bits per heavy atom. The summed E-state index contributed by atoms with van der Waals surface area (Å²) in [6, 6.07) is 6.92. The molecule has 0 spiro atoms. The van der Waals surface area contributed by atoms with Crippen LogP contribution in [-0.4, -0.2) is 34.8 Å². The Kier molecular flexibility index (Phi) is 4.19. The van der Waals surface area contributed by atoms with Crippen molar-refractivity contribution in [1.82, 2.24) is 15.2 Å². The molecule has 0 saturated carbocycles. The number of methoxy groups -OCH3 is 1. The first-order chi connectivity index (χ1) is 9.17. The van der Waals surface area contributed by atoms with Crippen molar-refractivity contribution in [2.45, 2.75) is 0 Å². The molecule has 0 aliphatic heterocycles. The SMILES string of the molecule is COc1n[nH]c(NC(=O)COc2cccc(Cl)c2)n1. The number of nitrogens with one attached hydrogen (secondary N) is 2. The molecule has 0 radical (unpaired) electrons. The average molecular weight is 283 g/mol. The molecule has 2 N–H and O–H groups in total. The van der Waals surface area contributed by atoms with Crippen LogP contribution < -0.4 is 14.8 Å². The largest absolute Gasteiger partial charge is 0.484 e. The number of ether oxygens (including phenoxy) is 2. The number of carbonyl (C=O) groups is 1. The van der Waals surface area contributed by atoms with Crippen LogP contribution >= 0.6 is 11.6 Å². The van der Waals surface area contributed by atoms with E-state index in [9.17, 15) is 4.79 Å². The molecule has 0 atom stereocenters. The molecule has 1 heterocycles. The number of amides is 1. The fraction of sp³-hybridized carbons (Fsp3) is 0.182. The first-order valence-electron chi connectivity index (χ1n) is 5.32. The Balaban J connectivity index is 1.84. The van der Waals surface area contributed by atoms with Crippen LogP contribution in [0.3, 0.4) is 0 Å². The van der Waals surface area contributed by atoms with E-state index in [2.05, 4.69) is 20.5 Å². The Morgan fingerprint density at radius 3 is 3.05 bits per heavy atom. The van der Waals surface area contributed by atoms with Crippen LogP contribution in [0.4, 0.5) is 5.95 Å². The van der Waals surface area contributed by atoms with Crippen LogP contribution in [-0.2, 0) is 4.79 Å². The zero-order valence-corrected chi connectivity index (χ0v) is 10.8. The van der Waals surface area contributed by atoms with E-state index in [-0.39, 0.29) is 24.5 Å². The molecule has 1 amide bonds. The number of hydrogen-bond acceptors (Lipinski definition) is 5. The molecule has 2 rings (SSSR count). The molecule has 1 aromatic heterocycles. The highest BCUT2D eigenvalue weighted by Crippen LogP contribution is 2.16. The minimum absolute atomic E-state index is 0.144. The van der Waals surface area contributed by atoms with Crippen molar-refractivity contribution in [3.05, 3.63) is 29.3 Å². The van der Waals surface area contributed by atoms with E-state index in [1.165, 1.54) is 7.11 Å². The second kappa shape index (κ2) is 6.05. The summed E-state index contributed by atoms with van der Waals surface area (Å²) in [4.78, 5) is 15.4. The molecular formula is C11H11ClN4O3. The molecule has 100 valence electrons. The minimum atomic E-state index is -0.376. The quantitative estimate of drug-likeness (QED) is 0.867. The molecule has 0 aliphatic rings. The number of halogens is 1.